The predicted octanol–water partition coefficient (Wildman–Crippen LogP) is -3.08. The van der Waals surface area contributed by atoms with Crippen molar-refractivity contribution in [2.45, 2.75) is 43.0 Å². The van der Waals surface area contributed by atoms with Gasteiger partial charge in [0.15, 0.2) is 5.79 Å². The fraction of sp³-hybridized carbons (Fsp3) is 1.00. The van der Waals surface area contributed by atoms with E-state index in [2.05, 4.69) is 0 Å². The SMILES string of the molecule is [2H]C(O)CCC1(O)O[C@H](CO)[C@@H](O)[C@H](O)[C@H]1O. The minimum Gasteiger partial charge on any atom is -0.396 e. The lowest BCUT2D eigenvalue weighted by molar-refractivity contribution is -0.351. The molecule has 0 aromatic carbocycles. The van der Waals surface area contributed by atoms with Gasteiger partial charge in [0.05, 0.1) is 7.98 Å². The van der Waals surface area contributed by atoms with Crippen LogP contribution in [0.4, 0.5) is 0 Å². The molecule has 1 fully saturated rings. The molecule has 1 aliphatic heterocycles. The molecule has 0 bridgehead atoms. The van der Waals surface area contributed by atoms with Gasteiger partial charge >= 0.3 is 0 Å². The van der Waals surface area contributed by atoms with Crippen molar-refractivity contribution in [1.82, 2.24) is 0 Å². The summed E-state index contributed by atoms with van der Waals surface area (Å²) in [7, 11) is 0. The molecule has 0 amide bonds. The van der Waals surface area contributed by atoms with E-state index in [1.54, 1.807) is 0 Å². The first-order valence-electron chi connectivity index (χ1n) is 5.55. The molecule has 0 aliphatic carbocycles. The van der Waals surface area contributed by atoms with Gasteiger partial charge in [0.25, 0.3) is 0 Å². The van der Waals surface area contributed by atoms with Crippen molar-refractivity contribution >= 4 is 0 Å². The summed E-state index contributed by atoms with van der Waals surface area (Å²) in [6.45, 7) is -2.09. The maximum atomic E-state index is 9.93. The van der Waals surface area contributed by atoms with Crippen LogP contribution in [0.2, 0.25) is 0 Å². The van der Waals surface area contributed by atoms with Crippen LogP contribution in [0.3, 0.4) is 0 Å². The van der Waals surface area contributed by atoms with Gasteiger partial charge in [-0.15, -0.1) is 0 Å². The topological polar surface area (TPSA) is 131 Å². The molecule has 0 radical (unpaired) electrons. The average Bonchev–Trinajstić information content (AvgIpc) is 2.29. The van der Waals surface area contributed by atoms with Crippen molar-refractivity contribution in [1.29, 1.82) is 0 Å². The zero-order valence-corrected chi connectivity index (χ0v) is 8.60. The fourth-order valence-corrected chi connectivity index (χ4v) is 1.70. The largest absolute Gasteiger partial charge is 0.396 e. The van der Waals surface area contributed by atoms with Crippen molar-refractivity contribution in [3.63, 3.8) is 0 Å². The Bertz CT molecular complexity index is 249. The first kappa shape index (κ1) is 12.2. The van der Waals surface area contributed by atoms with Crippen molar-refractivity contribution in [3.05, 3.63) is 0 Å². The molecule has 6 N–H and O–H groups in total. The molecular weight excluding hydrogens is 220 g/mol. The summed E-state index contributed by atoms with van der Waals surface area (Å²) in [5.41, 5.74) is 0. The number of aliphatic hydroxyl groups excluding tert-OH is 5. The van der Waals surface area contributed by atoms with Gasteiger partial charge in [0, 0.05) is 13.0 Å². The van der Waals surface area contributed by atoms with Crippen LogP contribution in [-0.4, -0.2) is 74.0 Å². The van der Waals surface area contributed by atoms with Crippen LogP contribution in [0.1, 0.15) is 14.2 Å². The molecule has 1 heterocycles. The van der Waals surface area contributed by atoms with Crippen LogP contribution >= 0.6 is 0 Å². The molecule has 7 nitrogen and oxygen atoms in total. The molecular formula is C9H18O7. The summed E-state index contributed by atoms with van der Waals surface area (Å²) in [6, 6.07) is 0. The van der Waals surface area contributed by atoms with Crippen LogP contribution in [0.25, 0.3) is 0 Å². The zero-order chi connectivity index (χ0) is 13.2. The first-order valence-corrected chi connectivity index (χ1v) is 4.97. The second-order valence-corrected chi connectivity index (χ2v) is 3.83. The molecule has 0 saturated carbocycles. The molecule has 1 rings (SSSR count). The molecule has 1 saturated heterocycles. The van der Waals surface area contributed by atoms with Gasteiger partial charge < -0.3 is 35.4 Å². The van der Waals surface area contributed by atoms with E-state index in [4.69, 9.17) is 16.3 Å². The molecule has 96 valence electrons. The minimum absolute atomic E-state index is 0.186. The van der Waals surface area contributed by atoms with E-state index in [0.29, 0.717) is 0 Å². The number of hydrogen-bond acceptors (Lipinski definition) is 7. The van der Waals surface area contributed by atoms with Crippen LogP contribution < -0.4 is 0 Å². The third-order valence-corrected chi connectivity index (χ3v) is 2.68. The molecule has 0 aromatic heterocycles. The van der Waals surface area contributed by atoms with Crippen molar-refractivity contribution in [3.8, 4) is 0 Å². The minimum atomic E-state index is -2.20. The van der Waals surface area contributed by atoms with Crippen LogP contribution in [0.5, 0.6) is 0 Å². The van der Waals surface area contributed by atoms with Gasteiger partial charge in [0.2, 0.25) is 0 Å². The quantitative estimate of drug-likeness (QED) is 0.307. The summed E-state index contributed by atoms with van der Waals surface area (Å²) in [5, 5.41) is 56.1. The third-order valence-electron chi connectivity index (χ3n) is 2.68. The van der Waals surface area contributed by atoms with E-state index < -0.39 is 43.4 Å². The first-order chi connectivity index (χ1) is 7.81. The zero-order valence-electron chi connectivity index (χ0n) is 9.60. The maximum Gasteiger partial charge on any atom is 0.195 e. The normalized spacial score (nSPS) is 47.5. The van der Waals surface area contributed by atoms with Gasteiger partial charge in [0.1, 0.15) is 24.4 Å². The van der Waals surface area contributed by atoms with E-state index in [1.807, 2.05) is 0 Å². The average molecular weight is 239 g/mol. The van der Waals surface area contributed by atoms with E-state index >= 15 is 0 Å². The number of aliphatic hydroxyl groups is 6. The van der Waals surface area contributed by atoms with Gasteiger partial charge in [-0.05, 0) is 6.42 Å². The highest BCUT2D eigenvalue weighted by Crippen LogP contribution is 2.31. The number of hydrogen-bond donors (Lipinski definition) is 6. The summed E-state index contributed by atoms with van der Waals surface area (Å²) >= 11 is 0. The Kier molecular flexibility index (Phi) is 4.09. The van der Waals surface area contributed by atoms with E-state index in [0.717, 1.165) is 0 Å². The Hall–Kier alpha value is -0.280. The summed E-state index contributed by atoms with van der Waals surface area (Å²) in [6.07, 6.45) is -6.70. The second-order valence-electron chi connectivity index (χ2n) is 3.83. The summed E-state index contributed by atoms with van der Waals surface area (Å²) in [5.74, 6) is -2.20. The lowest BCUT2D eigenvalue weighted by Crippen LogP contribution is -2.65. The Morgan fingerprint density at radius 2 is 1.81 bits per heavy atom. The smallest absolute Gasteiger partial charge is 0.195 e. The Morgan fingerprint density at radius 1 is 1.19 bits per heavy atom. The highest BCUT2D eigenvalue weighted by Gasteiger charge is 2.51. The molecule has 2 unspecified atom stereocenters. The molecule has 0 aromatic rings. The lowest BCUT2D eigenvalue weighted by Gasteiger charge is -2.45. The molecule has 6 atom stereocenters. The Labute approximate surface area is 93.9 Å². The molecule has 0 spiro atoms. The summed E-state index contributed by atoms with van der Waals surface area (Å²) in [4.78, 5) is 0. The van der Waals surface area contributed by atoms with Crippen LogP contribution in [0, 0.1) is 0 Å². The van der Waals surface area contributed by atoms with Crippen molar-refractivity contribution in [2.75, 3.05) is 13.2 Å². The standard InChI is InChI=1S/C9H18O7/c10-3-1-2-9(15)8(14)7(13)6(12)5(4-11)16-9/h5-8,10-15H,1-4H2/t5-,6-,7+,8-,9?/m1/s1/i3D/t3?,5-,6-,7+,8-,9?. The van der Waals surface area contributed by atoms with Gasteiger partial charge in [-0.25, -0.2) is 0 Å². The van der Waals surface area contributed by atoms with Gasteiger partial charge in [-0.1, -0.05) is 0 Å². The second kappa shape index (κ2) is 5.37. The van der Waals surface area contributed by atoms with Crippen LogP contribution in [0.15, 0.2) is 0 Å². The maximum absolute atomic E-state index is 9.93. The van der Waals surface area contributed by atoms with Crippen molar-refractivity contribution in [2.24, 2.45) is 0 Å². The van der Waals surface area contributed by atoms with E-state index in [-0.39, 0.29) is 12.8 Å². The highest BCUT2D eigenvalue weighted by molar-refractivity contribution is 4.95. The predicted molar refractivity (Wildman–Crippen MR) is 51.2 cm³/mol. The van der Waals surface area contributed by atoms with Gasteiger partial charge in [-0.3, -0.25) is 0 Å². The molecule has 16 heavy (non-hydrogen) atoms. The lowest BCUT2D eigenvalue weighted by atomic mass is 9.90. The fourth-order valence-electron chi connectivity index (χ4n) is 1.70. The van der Waals surface area contributed by atoms with E-state index in [9.17, 15) is 20.4 Å². The highest BCUT2D eigenvalue weighted by atomic mass is 16.7. The third kappa shape index (κ3) is 2.51. The summed E-state index contributed by atoms with van der Waals surface area (Å²) < 4.78 is 11.8. The number of ether oxygens (including phenoxy) is 1. The van der Waals surface area contributed by atoms with E-state index in [1.165, 1.54) is 0 Å². The molecule has 7 heteroatoms. The molecule has 1 aliphatic rings. The monoisotopic (exact) mass is 239 g/mol. The van der Waals surface area contributed by atoms with Crippen LogP contribution in [-0.2, 0) is 4.74 Å². The number of rotatable bonds is 4. The Balaban J connectivity index is 2.76. The van der Waals surface area contributed by atoms with Gasteiger partial charge in [-0.2, -0.15) is 0 Å². The van der Waals surface area contributed by atoms with Crippen molar-refractivity contribution < 1.29 is 36.7 Å². The Morgan fingerprint density at radius 3 is 2.31 bits per heavy atom.